The third kappa shape index (κ3) is 5.74. The maximum Gasteiger partial charge on any atom is 0.243 e. The van der Waals surface area contributed by atoms with Crippen LogP contribution in [0, 0.1) is 0 Å². The highest BCUT2D eigenvalue weighted by atomic mass is 32.2. The van der Waals surface area contributed by atoms with E-state index in [2.05, 4.69) is 10.6 Å². The normalized spacial score (nSPS) is 18.4. The van der Waals surface area contributed by atoms with E-state index in [1.807, 2.05) is 0 Å². The molecule has 0 bridgehead atoms. The fraction of sp³-hybridized carbons (Fsp3) is 0.381. The molecule has 4 rings (SSSR count). The molecular weight excluding hydrogens is 500 g/mol. The second-order valence-electron chi connectivity index (χ2n) is 7.66. The Bertz CT molecular complexity index is 1110. The lowest BCUT2D eigenvalue weighted by Crippen LogP contribution is -2.40. The predicted molar refractivity (Wildman–Crippen MR) is 132 cm³/mol. The smallest absolute Gasteiger partial charge is 0.243 e. The summed E-state index contributed by atoms with van der Waals surface area (Å²) in [6, 6.07) is 12.7. The Kier molecular flexibility index (Phi) is 7.82. The summed E-state index contributed by atoms with van der Waals surface area (Å²) in [5.41, 5.74) is 1.23. The molecule has 2 aromatic carbocycles. The first-order valence-electron chi connectivity index (χ1n) is 10.7. The lowest BCUT2D eigenvalue weighted by atomic mass is 10.3. The summed E-state index contributed by atoms with van der Waals surface area (Å²) in [6.07, 6.45) is 0. The zero-order valence-corrected chi connectivity index (χ0v) is 20.8. The number of morpholine rings is 2. The fourth-order valence-electron chi connectivity index (χ4n) is 3.59. The largest absolute Gasteiger partial charge is 0.379 e. The molecular formula is C21H26N4O6S3. The lowest BCUT2D eigenvalue weighted by molar-refractivity contribution is 0.0730. The van der Waals surface area contributed by atoms with E-state index in [0.717, 1.165) is 0 Å². The lowest BCUT2D eigenvalue weighted by Gasteiger charge is -2.26. The van der Waals surface area contributed by atoms with E-state index >= 15 is 0 Å². The SMILES string of the molecule is O=S(=O)(c1ccc(NC(=S)Nc2ccc(S(=O)(=O)N3CCOCC3)cc2)cc1)N1CCOCC1. The maximum atomic E-state index is 12.7. The van der Waals surface area contributed by atoms with Crippen molar-refractivity contribution in [2.24, 2.45) is 0 Å². The highest BCUT2D eigenvalue weighted by Gasteiger charge is 2.27. The molecule has 0 spiro atoms. The number of rotatable bonds is 6. The van der Waals surface area contributed by atoms with E-state index in [-0.39, 0.29) is 14.9 Å². The molecule has 2 aromatic rings. The predicted octanol–water partition coefficient (Wildman–Crippen LogP) is 1.54. The zero-order chi connectivity index (χ0) is 24.2. The van der Waals surface area contributed by atoms with Crippen LogP contribution in [0.15, 0.2) is 58.3 Å². The fourth-order valence-corrected chi connectivity index (χ4v) is 6.64. The Morgan fingerprint density at radius 2 is 0.971 bits per heavy atom. The van der Waals surface area contributed by atoms with Crippen molar-refractivity contribution in [1.82, 2.24) is 8.61 Å². The summed E-state index contributed by atoms with van der Waals surface area (Å²) in [5.74, 6) is 0. The van der Waals surface area contributed by atoms with Gasteiger partial charge >= 0.3 is 0 Å². The molecule has 0 radical (unpaired) electrons. The minimum atomic E-state index is -3.56. The van der Waals surface area contributed by atoms with Crippen molar-refractivity contribution < 1.29 is 26.3 Å². The molecule has 0 unspecified atom stereocenters. The standard InChI is InChI=1S/C21H26N4O6S3/c26-33(27,24-9-13-30-14-10-24)19-5-1-17(2-6-19)22-21(32)23-18-3-7-20(8-4-18)34(28,29)25-11-15-31-16-12-25/h1-8H,9-16H2,(H2,22,23,32). The first kappa shape index (κ1) is 25.0. The minimum Gasteiger partial charge on any atom is -0.379 e. The molecule has 2 aliphatic rings. The average Bonchev–Trinajstić information content (AvgIpc) is 2.86. The van der Waals surface area contributed by atoms with Gasteiger partial charge in [-0.15, -0.1) is 0 Å². The van der Waals surface area contributed by atoms with Crippen LogP contribution in [0.2, 0.25) is 0 Å². The Hall–Kier alpha value is -2.13. The summed E-state index contributed by atoms with van der Waals surface area (Å²) >= 11 is 5.33. The van der Waals surface area contributed by atoms with E-state index in [1.165, 1.54) is 32.9 Å². The van der Waals surface area contributed by atoms with Gasteiger partial charge in [-0.3, -0.25) is 0 Å². The highest BCUT2D eigenvalue weighted by Crippen LogP contribution is 2.21. The number of nitrogens with zero attached hydrogens (tertiary/aromatic N) is 2. The van der Waals surface area contributed by atoms with Gasteiger partial charge in [-0.1, -0.05) is 0 Å². The number of anilines is 2. The van der Waals surface area contributed by atoms with Crippen LogP contribution in [0.25, 0.3) is 0 Å². The number of hydrogen-bond acceptors (Lipinski definition) is 7. The average molecular weight is 527 g/mol. The molecule has 0 amide bonds. The van der Waals surface area contributed by atoms with Gasteiger partial charge in [0.15, 0.2) is 5.11 Å². The van der Waals surface area contributed by atoms with Gasteiger partial charge in [0.25, 0.3) is 0 Å². The van der Waals surface area contributed by atoms with Crippen molar-refractivity contribution in [2.75, 3.05) is 63.2 Å². The second kappa shape index (κ2) is 10.6. The topological polar surface area (TPSA) is 117 Å². The number of thiocarbonyl (C=S) groups is 1. The molecule has 0 atom stereocenters. The molecule has 34 heavy (non-hydrogen) atoms. The third-order valence-electron chi connectivity index (χ3n) is 5.44. The number of hydrogen-bond donors (Lipinski definition) is 2. The van der Waals surface area contributed by atoms with E-state index in [0.29, 0.717) is 64.0 Å². The molecule has 2 N–H and O–H groups in total. The zero-order valence-electron chi connectivity index (χ0n) is 18.3. The summed E-state index contributed by atoms with van der Waals surface area (Å²) in [6.45, 7) is 2.90. The minimum absolute atomic E-state index is 0.205. The molecule has 184 valence electrons. The van der Waals surface area contributed by atoms with E-state index < -0.39 is 20.0 Å². The molecule has 0 aromatic heterocycles. The van der Waals surface area contributed by atoms with Crippen molar-refractivity contribution >= 4 is 48.8 Å². The van der Waals surface area contributed by atoms with Crippen molar-refractivity contribution in [2.45, 2.75) is 9.79 Å². The number of ether oxygens (including phenoxy) is 2. The van der Waals surface area contributed by atoms with E-state index in [1.54, 1.807) is 24.3 Å². The Labute approximate surface area is 204 Å². The third-order valence-corrected chi connectivity index (χ3v) is 9.47. The van der Waals surface area contributed by atoms with Gasteiger partial charge in [-0.25, -0.2) is 16.8 Å². The van der Waals surface area contributed by atoms with Gasteiger partial charge in [0, 0.05) is 37.6 Å². The van der Waals surface area contributed by atoms with Crippen LogP contribution in [-0.2, 0) is 29.5 Å². The number of nitrogens with one attached hydrogen (secondary N) is 2. The Morgan fingerprint density at radius 1 is 0.647 bits per heavy atom. The van der Waals surface area contributed by atoms with Crippen LogP contribution >= 0.6 is 12.2 Å². The first-order chi connectivity index (χ1) is 16.3. The van der Waals surface area contributed by atoms with Crippen LogP contribution in [0.3, 0.4) is 0 Å². The van der Waals surface area contributed by atoms with Gasteiger partial charge in [0.1, 0.15) is 0 Å². The van der Waals surface area contributed by atoms with Crippen LogP contribution in [0.1, 0.15) is 0 Å². The molecule has 0 aliphatic carbocycles. The van der Waals surface area contributed by atoms with Crippen LogP contribution in [-0.4, -0.2) is 83.2 Å². The van der Waals surface area contributed by atoms with Gasteiger partial charge in [0.05, 0.1) is 36.2 Å². The molecule has 2 aliphatic heterocycles. The van der Waals surface area contributed by atoms with Crippen molar-refractivity contribution in [3.05, 3.63) is 48.5 Å². The van der Waals surface area contributed by atoms with Crippen molar-refractivity contribution in [1.29, 1.82) is 0 Å². The maximum absolute atomic E-state index is 12.7. The second-order valence-corrected chi connectivity index (χ2v) is 11.9. The Balaban J connectivity index is 1.35. The molecule has 10 nitrogen and oxygen atoms in total. The number of sulfonamides is 2. The van der Waals surface area contributed by atoms with Gasteiger partial charge < -0.3 is 20.1 Å². The summed E-state index contributed by atoms with van der Waals surface area (Å²) in [7, 11) is -7.13. The molecule has 2 heterocycles. The first-order valence-corrected chi connectivity index (χ1v) is 14.0. The summed E-state index contributed by atoms with van der Waals surface area (Å²) in [4.78, 5) is 0.409. The monoisotopic (exact) mass is 526 g/mol. The van der Waals surface area contributed by atoms with Crippen LogP contribution in [0.4, 0.5) is 11.4 Å². The van der Waals surface area contributed by atoms with Crippen LogP contribution < -0.4 is 10.6 Å². The quantitative estimate of drug-likeness (QED) is 0.541. The molecule has 2 fully saturated rings. The van der Waals surface area contributed by atoms with Gasteiger partial charge in [-0.2, -0.15) is 8.61 Å². The van der Waals surface area contributed by atoms with Gasteiger partial charge in [-0.05, 0) is 60.7 Å². The highest BCUT2D eigenvalue weighted by molar-refractivity contribution is 7.89. The summed E-state index contributed by atoms with van der Waals surface area (Å²) in [5, 5.41) is 6.28. The Morgan fingerprint density at radius 3 is 1.29 bits per heavy atom. The number of benzene rings is 2. The molecule has 13 heteroatoms. The molecule has 0 saturated carbocycles. The van der Waals surface area contributed by atoms with Crippen LogP contribution in [0.5, 0.6) is 0 Å². The molecule has 2 saturated heterocycles. The van der Waals surface area contributed by atoms with Gasteiger partial charge in [0.2, 0.25) is 20.0 Å². The summed E-state index contributed by atoms with van der Waals surface area (Å²) < 4.78 is 64.1. The van der Waals surface area contributed by atoms with Crippen molar-refractivity contribution in [3.63, 3.8) is 0 Å². The van der Waals surface area contributed by atoms with E-state index in [4.69, 9.17) is 21.7 Å². The van der Waals surface area contributed by atoms with Crippen molar-refractivity contribution in [3.8, 4) is 0 Å². The van der Waals surface area contributed by atoms with E-state index in [9.17, 15) is 16.8 Å².